The molecule has 0 radical (unpaired) electrons. The van der Waals surface area contributed by atoms with Gasteiger partial charge < -0.3 is 4.90 Å². The van der Waals surface area contributed by atoms with E-state index in [1.165, 1.54) is 12.8 Å². The third-order valence-corrected chi connectivity index (χ3v) is 3.95. The first kappa shape index (κ1) is 10.4. The Morgan fingerprint density at radius 2 is 2.07 bits per heavy atom. The van der Waals surface area contributed by atoms with Crippen molar-refractivity contribution in [1.82, 2.24) is 4.90 Å². The van der Waals surface area contributed by atoms with Crippen LogP contribution in [-0.2, 0) is 0 Å². The number of hydrogen-bond donors (Lipinski definition) is 0. The van der Waals surface area contributed by atoms with E-state index in [0.717, 1.165) is 37.3 Å². The first-order valence-corrected chi connectivity index (χ1v) is 6.01. The molecule has 0 spiro atoms. The van der Waals surface area contributed by atoms with E-state index in [4.69, 9.17) is 0 Å². The van der Waals surface area contributed by atoms with Gasteiger partial charge in [0.05, 0.1) is 0 Å². The average molecular weight is 199 g/mol. The molecule has 2 heteroatoms. The molecule has 2 rings (SSSR count). The van der Waals surface area contributed by atoms with Crippen LogP contribution in [0.3, 0.4) is 0 Å². The fourth-order valence-corrected chi connectivity index (χ4v) is 2.80. The number of rotatable bonds is 3. The summed E-state index contributed by atoms with van der Waals surface area (Å²) >= 11 is 0. The molecule has 1 heterocycles. The van der Waals surface area contributed by atoms with E-state index in [1.54, 1.807) is 0 Å². The Balaban J connectivity index is 1.64. The fourth-order valence-electron chi connectivity index (χ4n) is 2.80. The molecule has 0 aromatic heterocycles. The van der Waals surface area contributed by atoms with Crippen molar-refractivity contribution in [2.24, 2.45) is 17.8 Å². The minimum absolute atomic E-state index is 0.545. The van der Waals surface area contributed by atoms with E-state index < -0.39 is 6.17 Å². The zero-order valence-electron chi connectivity index (χ0n) is 9.38. The molecule has 1 saturated carbocycles. The molecule has 0 amide bonds. The smallest absolute Gasteiger partial charge is 0.114 e. The molecule has 0 unspecified atom stereocenters. The molecule has 14 heavy (non-hydrogen) atoms. The highest BCUT2D eigenvalue weighted by atomic mass is 19.1. The molecule has 1 atom stereocenters. The summed E-state index contributed by atoms with van der Waals surface area (Å²) in [4.78, 5) is 2.31. The maximum Gasteiger partial charge on any atom is 0.114 e. The van der Waals surface area contributed by atoms with Gasteiger partial charge in [-0.05, 0) is 37.0 Å². The van der Waals surface area contributed by atoms with Crippen molar-refractivity contribution in [2.75, 3.05) is 19.6 Å². The Hall–Kier alpha value is -0.110. The Bertz CT molecular complexity index is 187. The number of halogens is 1. The standard InChI is InChI=1S/C12H22FN/c1-9(2)11-5-10(6-11)7-14-4-3-12(13)8-14/h9-12H,3-8H2,1-2H3/t10?,11?,12-/m0/s1. The van der Waals surface area contributed by atoms with Crippen LogP contribution in [0.25, 0.3) is 0 Å². The van der Waals surface area contributed by atoms with Crippen LogP contribution in [0.1, 0.15) is 33.1 Å². The Labute approximate surface area is 86.7 Å². The lowest BCUT2D eigenvalue weighted by molar-refractivity contribution is 0.102. The summed E-state index contributed by atoms with van der Waals surface area (Å²) in [5, 5.41) is 0. The highest BCUT2D eigenvalue weighted by Crippen LogP contribution is 2.39. The zero-order valence-corrected chi connectivity index (χ0v) is 9.38. The quantitative estimate of drug-likeness (QED) is 0.675. The van der Waals surface area contributed by atoms with Gasteiger partial charge in [0.1, 0.15) is 6.17 Å². The van der Waals surface area contributed by atoms with Crippen molar-refractivity contribution >= 4 is 0 Å². The van der Waals surface area contributed by atoms with E-state index in [-0.39, 0.29) is 0 Å². The van der Waals surface area contributed by atoms with Crippen LogP contribution in [0.15, 0.2) is 0 Å². The summed E-state index contributed by atoms with van der Waals surface area (Å²) in [6.07, 6.45) is 2.98. The molecule has 82 valence electrons. The molecule has 1 aliphatic carbocycles. The van der Waals surface area contributed by atoms with Gasteiger partial charge in [-0.3, -0.25) is 0 Å². The normalized spacial score (nSPS) is 39.0. The van der Waals surface area contributed by atoms with Gasteiger partial charge in [0.2, 0.25) is 0 Å². The Morgan fingerprint density at radius 3 is 2.57 bits per heavy atom. The predicted molar refractivity (Wildman–Crippen MR) is 57.0 cm³/mol. The number of likely N-dealkylation sites (tertiary alicyclic amines) is 1. The van der Waals surface area contributed by atoms with Gasteiger partial charge in [-0.25, -0.2) is 4.39 Å². The lowest BCUT2D eigenvalue weighted by Crippen LogP contribution is -2.37. The topological polar surface area (TPSA) is 3.24 Å². The van der Waals surface area contributed by atoms with Gasteiger partial charge in [-0.2, -0.15) is 0 Å². The number of nitrogens with zero attached hydrogens (tertiary/aromatic N) is 1. The largest absolute Gasteiger partial charge is 0.300 e. The fraction of sp³-hybridized carbons (Fsp3) is 1.00. The van der Waals surface area contributed by atoms with Crippen LogP contribution in [-0.4, -0.2) is 30.7 Å². The van der Waals surface area contributed by atoms with E-state index in [0.29, 0.717) is 6.54 Å². The maximum atomic E-state index is 12.9. The SMILES string of the molecule is CC(C)C1CC(CN2CC[C@H](F)C2)C1. The first-order chi connectivity index (χ1) is 6.65. The van der Waals surface area contributed by atoms with E-state index in [9.17, 15) is 4.39 Å². The molecule has 2 aliphatic rings. The average Bonchev–Trinajstić information content (AvgIpc) is 2.42. The molecule has 0 bridgehead atoms. The lowest BCUT2D eigenvalue weighted by atomic mass is 9.69. The second kappa shape index (κ2) is 4.18. The number of hydrogen-bond acceptors (Lipinski definition) is 1. The molecular weight excluding hydrogens is 177 g/mol. The van der Waals surface area contributed by atoms with Crippen molar-refractivity contribution in [3.63, 3.8) is 0 Å². The highest BCUT2D eigenvalue weighted by Gasteiger charge is 2.33. The summed E-state index contributed by atoms with van der Waals surface area (Å²) in [6, 6.07) is 0. The van der Waals surface area contributed by atoms with E-state index in [1.807, 2.05) is 0 Å². The zero-order chi connectivity index (χ0) is 10.1. The minimum atomic E-state index is -0.545. The van der Waals surface area contributed by atoms with E-state index in [2.05, 4.69) is 18.7 Å². The van der Waals surface area contributed by atoms with Crippen molar-refractivity contribution in [3.8, 4) is 0 Å². The summed E-state index contributed by atoms with van der Waals surface area (Å²) in [7, 11) is 0. The maximum absolute atomic E-state index is 12.9. The summed E-state index contributed by atoms with van der Waals surface area (Å²) < 4.78 is 12.9. The first-order valence-electron chi connectivity index (χ1n) is 6.01. The van der Waals surface area contributed by atoms with Gasteiger partial charge in [0.15, 0.2) is 0 Å². The van der Waals surface area contributed by atoms with Gasteiger partial charge >= 0.3 is 0 Å². The van der Waals surface area contributed by atoms with Crippen molar-refractivity contribution in [2.45, 2.75) is 39.3 Å². The van der Waals surface area contributed by atoms with Crippen LogP contribution in [0.4, 0.5) is 4.39 Å². The third kappa shape index (κ3) is 2.28. The van der Waals surface area contributed by atoms with Gasteiger partial charge in [-0.15, -0.1) is 0 Å². The third-order valence-electron chi connectivity index (χ3n) is 3.95. The second-order valence-corrected chi connectivity index (χ2v) is 5.49. The Kier molecular flexibility index (Phi) is 3.10. The lowest BCUT2D eigenvalue weighted by Gasteiger charge is -2.40. The summed E-state index contributed by atoms with van der Waals surface area (Å²) in [6.45, 7) is 7.47. The van der Waals surface area contributed by atoms with Crippen LogP contribution < -0.4 is 0 Å². The van der Waals surface area contributed by atoms with Crippen LogP contribution in [0.2, 0.25) is 0 Å². The van der Waals surface area contributed by atoms with Crippen molar-refractivity contribution in [3.05, 3.63) is 0 Å². The Morgan fingerprint density at radius 1 is 1.36 bits per heavy atom. The summed E-state index contributed by atoms with van der Waals surface area (Å²) in [5.74, 6) is 2.66. The number of alkyl halides is 1. The predicted octanol–water partition coefficient (Wildman–Crippen LogP) is 2.71. The minimum Gasteiger partial charge on any atom is -0.300 e. The molecule has 0 aromatic rings. The molecule has 0 N–H and O–H groups in total. The van der Waals surface area contributed by atoms with Crippen molar-refractivity contribution in [1.29, 1.82) is 0 Å². The molecule has 2 fully saturated rings. The molecule has 1 aliphatic heterocycles. The van der Waals surface area contributed by atoms with Crippen LogP contribution in [0.5, 0.6) is 0 Å². The molecule has 1 saturated heterocycles. The van der Waals surface area contributed by atoms with Crippen molar-refractivity contribution < 1.29 is 4.39 Å². The molecular formula is C12H22FN. The summed E-state index contributed by atoms with van der Waals surface area (Å²) in [5.41, 5.74) is 0. The van der Waals surface area contributed by atoms with Crippen LogP contribution in [0, 0.1) is 17.8 Å². The van der Waals surface area contributed by atoms with Gasteiger partial charge in [0.25, 0.3) is 0 Å². The highest BCUT2D eigenvalue weighted by molar-refractivity contribution is 4.85. The van der Waals surface area contributed by atoms with Gasteiger partial charge in [-0.1, -0.05) is 13.8 Å². The van der Waals surface area contributed by atoms with Gasteiger partial charge in [0, 0.05) is 19.6 Å². The molecule has 1 nitrogen and oxygen atoms in total. The van der Waals surface area contributed by atoms with Crippen LogP contribution >= 0.6 is 0 Å². The monoisotopic (exact) mass is 199 g/mol. The molecule has 0 aromatic carbocycles. The van der Waals surface area contributed by atoms with E-state index >= 15 is 0 Å². The second-order valence-electron chi connectivity index (χ2n) is 5.49.